The van der Waals surface area contributed by atoms with E-state index in [2.05, 4.69) is 36.2 Å². The summed E-state index contributed by atoms with van der Waals surface area (Å²) in [5.41, 5.74) is -2.10. The van der Waals surface area contributed by atoms with E-state index in [0.717, 1.165) is 37.2 Å². The standard InChI is InChI=1S/C28H64O24P6S2/c1-27(2,3)51-57(37,38)49-23-21-47-55(33,34)45-19-17-43-53(29,30)41-15-11-7-9-13-25-59-60-26-14-10-8-12-16-42-54(31,32)44-18-20-46-56(35,36)48-22-24-50-58(39,40)52-28(4,5)6/h7-26H2,1-6H3,(H,29,30)(H,31,32)(H,33,34)(H,35,36)(H,37,38)(H,39,40)/p-6. The van der Waals surface area contributed by atoms with Gasteiger partial charge < -0.3 is 83.6 Å². The third-order valence-corrected chi connectivity index (χ3v) is 15.0. The molecule has 0 radical (unpaired) electrons. The topological polar surface area (TPSA) is 352 Å². The fourth-order valence-electron chi connectivity index (χ4n) is 3.77. The lowest BCUT2D eigenvalue weighted by Crippen LogP contribution is -2.23. The van der Waals surface area contributed by atoms with E-state index in [1.54, 1.807) is 21.6 Å². The maximum atomic E-state index is 11.9. The van der Waals surface area contributed by atoms with Crippen molar-refractivity contribution in [1.29, 1.82) is 0 Å². The largest absolute Gasteiger partial charge is 0.756 e. The average Bonchev–Trinajstić information content (AvgIpc) is 3.07. The number of phosphoric ester groups is 6. The van der Waals surface area contributed by atoms with E-state index in [-0.39, 0.29) is 13.2 Å². The molecule has 6 unspecified atom stereocenters. The molecule has 0 saturated heterocycles. The van der Waals surface area contributed by atoms with Crippen LogP contribution in [0.5, 0.6) is 0 Å². The quantitative estimate of drug-likeness (QED) is 0.0475. The van der Waals surface area contributed by atoms with Crippen LogP contribution in [0, 0.1) is 0 Å². The lowest BCUT2D eigenvalue weighted by molar-refractivity contribution is -0.239. The van der Waals surface area contributed by atoms with Gasteiger partial charge in [0.1, 0.15) is 0 Å². The van der Waals surface area contributed by atoms with Crippen molar-refractivity contribution in [2.45, 2.75) is 104 Å². The Morgan fingerprint density at radius 1 is 0.317 bits per heavy atom. The zero-order valence-electron chi connectivity index (χ0n) is 34.4. The molecule has 0 aromatic carbocycles. The minimum atomic E-state index is -4.90. The van der Waals surface area contributed by atoms with Crippen molar-refractivity contribution in [1.82, 2.24) is 0 Å². The Bertz CT molecular complexity index is 1360. The summed E-state index contributed by atoms with van der Waals surface area (Å²) in [6, 6.07) is 0. The number of phosphoric acid groups is 6. The molecule has 0 amide bonds. The fraction of sp³-hybridized carbons (Fsp3) is 1.00. The van der Waals surface area contributed by atoms with Gasteiger partial charge in [-0.2, -0.15) is 0 Å². The molecule has 0 saturated carbocycles. The molecule has 24 nitrogen and oxygen atoms in total. The molecule has 60 heavy (non-hydrogen) atoms. The summed E-state index contributed by atoms with van der Waals surface area (Å²) in [6.07, 6.45) is 5.77. The van der Waals surface area contributed by atoms with E-state index < -0.39 is 111 Å². The first-order chi connectivity index (χ1) is 27.4. The number of hydrogen-bond donors (Lipinski definition) is 0. The molecule has 0 aliphatic heterocycles. The third-order valence-electron chi connectivity index (χ3n) is 5.93. The molecule has 0 aromatic rings. The minimum absolute atomic E-state index is 0.122. The van der Waals surface area contributed by atoms with Crippen LogP contribution in [0.2, 0.25) is 0 Å². The highest BCUT2D eigenvalue weighted by Crippen LogP contribution is 2.46. The highest BCUT2D eigenvalue weighted by Gasteiger charge is 2.22. The van der Waals surface area contributed by atoms with Crippen LogP contribution in [0.3, 0.4) is 0 Å². The molecular formula is C28H58O24P6S2-6. The van der Waals surface area contributed by atoms with Crippen LogP contribution in [-0.4, -0.2) is 88.8 Å². The summed E-state index contributed by atoms with van der Waals surface area (Å²) in [4.78, 5) is 70.4. The summed E-state index contributed by atoms with van der Waals surface area (Å²) >= 11 is 0. The van der Waals surface area contributed by atoms with E-state index in [1.807, 2.05) is 0 Å². The summed E-state index contributed by atoms with van der Waals surface area (Å²) in [5.74, 6) is 1.76. The molecule has 0 heterocycles. The Hall–Kier alpha value is 1.36. The van der Waals surface area contributed by atoms with Gasteiger partial charge in [0.05, 0.1) is 77.3 Å². The zero-order chi connectivity index (χ0) is 46.0. The molecule has 6 atom stereocenters. The first kappa shape index (κ1) is 61.4. The summed E-state index contributed by atoms with van der Waals surface area (Å²) < 4.78 is 125. The van der Waals surface area contributed by atoms with Crippen LogP contribution in [0.4, 0.5) is 0 Å². The van der Waals surface area contributed by atoms with Crippen molar-refractivity contribution in [3.63, 3.8) is 0 Å². The van der Waals surface area contributed by atoms with Crippen molar-refractivity contribution >= 4 is 68.5 Å². The molecule has 0 N–H and O–H groups in total. The summed E-state index contributed by atoms with van der Waals surface area (Å²) in [7, 11) is -25.2. The number of rotatable bonds is 39. The Morgan fingerprint density at radius 3 is 0.750 bits per heavy atom. The van der Waals surface area contributed by atoms with Gasteiger partial charge in [0.15, 0.2) is 0 Å². The molecule has 0 aromatic heterocycles. The van der Waals surface area contributed by atoms with E-state index in [4.69, 9.17) is 18.1 Å². The van der Waals surface area contributed by atoms with Crippen LogP contribution in [0.1, 0.15) is 92.9 Å². The Balaban J connectivity index is 3.76. The Labute approximate surface area is 360 Å². The van der Waals surface area contributed by atoms with Gasteiger partial charge in [-0.15, -0.1) is 0 Å². The molecule has 0 bridgehead atoms. The second kappa shape index (κ2) is 30.6. The first-order valence-corrected chi connectivity index (χ1v) is 29.7. The van der Waals surface area contributed by atoms with Crippen LogP contribution in [0.15, 0.2) is 0 Å². The molecule has 0 rings (SSSR count). The lowest BCUT2D eigenvalue weighted by atomic mass is 10.2. The molecule has 0 aliphatic carbocycles. The van der Waals surface area contributed by atoms with Crippen molar-refractivity contribution in [3.05, 3.63) is 0 Å². The van der Waals surface area contributed by atoms with Crippen LogP contribution >= 0.6 is 68.5 Å². The second-order valence-electron chi connectivity index (χ2n) is 13.9. The molecule has 0 fully saturated rings. The van der Waals surface area contributed by atoms with Gasteiger partial charge in [-0.1, -0.05) is 47.3 Å². The fourth-order valence-corrected chi connectivity index (χ4v) is 10.9. The minimum Gasteiger partial charge on any atom is -0.756 e. The van der Waals surface area contributed by atoms with Crippen LogP contribution < -0.4 is 29.4 Å². The Kier molecular flexibility index (Phi) is 31.3. The van der Waals surface area contributed by atoms with E-state index in [9.17, 15) is 56.8 Å². The number of hydrogen-bond acceptors (Lipinski definition) is 26. The number of unbranched alkanes of at least 4 members (excludes halogenated alkanes) is 6. The van der Waals surface area contributed by atoms with Crippen molar-refractivity contribution in [2.24, 2.45) is 0 Å². The smallest absolute Gasteiger partial charge is 0.268 e. The van der Waals surface area contributed by atoms with Gasteiger partial charge in [0.2, 0.25) is 0 Å². The van der Waals surface area contributed by atoms with E-state index >= 15 is 0 Å². The van der Waals surface area contributed by atoms with Gasteiger partial charge in [-0.3, -0.25) is 27.4 Å². The van der Waals surface area contributed by atoms with Crippen LogP contribution in [-0.2, 0) is 81.7 Å². The summed E-state index contributed by atoms with van der Waals surface area (Å²) in [5, 5.41) is 0. The normalized spacial score (nSPS) is 18.8. The second-order valence-corrected chi connectivity index (χ2v) is 24.9. The van der Waals surface area contributed by atoms with Gasteiger partial charge in [-0.05, 0) is 67.2 Å². The molecule has 0 spiro atoms. The van der Waals surface area contributed by atoms with Gasteiger partial charge in [0.25, 0.3) is 46.9 Å². The van der Waals surface area contributed by atoms with Gasteiger partial charge in [-0.25, -0.2) is 0 Å². The third kappa shape index (κ3) is 40.8. The molecule has 0 aliphatic rings. The predicted octanol–water partition coefficient (Wildman–Crippen LogP) is 4.10. The monoisotopic (exact) mass is 1030 g/mol. The van der Waals surface area contributed by atoms with Gasteiger partial charge in [0, 0.05) is 11.5 Å². The first-order valence-electron chi connectivity index (χ1n) is 18.4. The molecular weight excluding hydrogens is 970 g/mol. The predicted molar refractivity (Wildman–Crippen MR) is 209 cm³/mol. The van der Waals surface area contributed by atoms with Gasteiger partial charge >= 0.3 is 0 Å². The van der Waals surface area contributed by atoms with E-state index in [1.165, 1.54) is 41.5 Å². The summed E-state index contributed by atoms with van der Waals surface area (Å²) in [6.45, 7) is 3.14. The van der Waals surface area contributed by atoms with E-state index in [0.29, 0.717) is 25.7 Å². The molecule has 32 heteroatoms. The van der Waals surface area contributed by atoms with Crippen LogP contribution in [0.25, 0.3) is 0 Å². The average molecular weight is 1030 g/mol. The Morgan fingerprint density at radius 2 is 0.517 bits per heavy atom. The SMILES string of the molecule is CC(C)(C)OP(=O)([O-])OCCOP(=O)([O-])OCCOP(=O)([O-])OCCCCCCSSCCCCCCOP(=O)([O-])OCCOP(=O)([O-])OCCOP(=O)([O-])OC(C)(C)C. The molecule has 362 valence electrons. The highest BCUT2D eigenvalue weighted by atomic mass is 33.1. The zero-order valence-corrected chi connectivity index (χ0v) is 41.4. The highest BCUT2D eigenvalue weighted by molar-refractivity contribution is 8.76. The maximum Gasteiger partial charge on any atom is 0.268 e. The lowest BCUT2D eigenvalue weighted by Gasteiger charge is -2.31. The van der Waals surface area contributed by atoms with Crippen molar-refractivity contribution in [2.75, 3.05) is 77.6 Å². The maximum absolute atomic E-state index is 11.9. The van der Waals surface area contributed by atoms with Crippen molar-refractivity contribution < 1.29 is 111 Å². The van der Waals surface area contributed by atoms with Crippen molar-refractivity contribution in [3.8, 4) is 0 Å².